The van der Waals surface area contributed by atoms with Crippen LogP contribution in [0.25, 0.3) is 0 Å². The molecule has 0 saturated carbocycles. The van der Waals surface area contributed by atoms with Gasteiger partial charge in [0.2, 0.25) is 5.91 Å². The van der Waals surface area contributed by atoms with Gasteiger partial charge in [0.15, 0.2) is 5.13 Å². The van der Waals surface area contributed by atoms with Crippen LogP contribution in [-0.2, 0) is 11.2 Å². The maximum Gasteiger partial charge on any atom is 0.245 e. The predicted octanol–water partition coefficient (Wildman–Crippen LogP) is 3.29. The molecule has 4 nitrogen and oxygen atoms in total. The van der Waals surface area contributed by atoms with E-state index in [-0.39, 0.29) is 18.3 Å². The Bertz CT molecular complexity index is 713. The Balaban J connectivity index is 1.77. The summed E-state index contributed by atoms with van der Waals surface area (Å²) in [4.78, 5) is 18.2. The van der Waals surface area contributed by atoms with Crippen LogP contribution in [0.5, 0.6) is 0 Å². The molecule has 0 aliphatic carbocycles. The van der Waals surface area contributed by atoms with Crippen molar-refractivity contribution in [1.82, 2.24) is 4.98 Å². The largest absolute Gasteiger partial charge is 0.360 e. The Morgan fingerprint density at radius 1 is 1.45 bits per heavy atom. The Hall–Kier alpha value is -1.95. The molecule has 0 bridgehead atoms. The van der Waals surface area contributed by atoms with Crippen molar-refractivity contribution in [1.29, 1.82) is 0 Å². The van der Waals surface area contributed by atoms with Crippen LogP contribution in [0.4, 0.5) is 15.2 Å². The van der Waals surface area contributed by atoms with E-state index >= 15 is 0 Å². The van der Waals surface area contributed by atoms with Crippen LogP contribution in [0.1, 0.15) is 23.2 Å². The van der Waals surface area contributed by atoms with E-state index in [2.05, 4.69) is 10.3 Å². The maximum absolute atomic E-state index is 14.2. The van der Waals surface area contributed by atoms with E-state index in [0.717, 1.165) is 29.7 Å². The summed E-state index contributed by atoms with van der Waals surface area (Å²) in [5, 5.41) is 5.25. The van der Waals surface area contributed by atoms with Crippen LogP contribution in [0, 0.1) is 19.7 Å². The molecule has 1 N–H and O–H groups in total. The third-order valence-electron chi connectivity index (χ3n) is 3.84. The molecule has 0 fully saturated rings. The highest BCUT2D eigenvalue weighted by Crippen LogP contribution is 2.32. The van der Waals surface area contributed by atoms with Crippen LogP contribution < -0.4 is 10.2 Å². The first-order chi connectivity index (χ1) is 10.5. The molecule has 116 valence electrons. The predicted molar refractivity (Wildman–Crippen MR) is 87.2 cm³/mol. The van der Waals surface area contributed by atoms with Crippen molar-refractivity contribution in [3.8, 4) is 0 Å². The number of benzene rings is 1. The molecule has 0 unspecified atom stereocenters. The molecule has 2 aromatic rings. The number of aryl methyl sites for hydroxylation is 2. The van der Waals surface area contributed by atoms with E-state index in [1.165, 1.54) is 17.4 Å². The first-order valence-electron chi connectivity index (χ1n) is 7.29. The molecule has 2 heterocycles. The third kappa shape index (κ3) is 2.97. The average Bonchev–Trinajstić information content (AvgIpc) is 2.88. The van der Waals surface area contributed by atoms with Crippen LogP contribution in [-0.4, -0.2) is 24.0 Å². The summed E-state index contributed by atoms with van der Waals surface area (Å²) in [6, 6.07) is 3.28. The van der Waals surface area contributed by atoms with Crippen molar-refractivity contribution in [2.45, 2.75) is 26.7 Å². The Morgan fingerprint density at radius 2 is 2.27 bits per heavy atom. The van der Waals surface area contributed by atoms with Gasteiger partial charge in [-0.15, -0.1) is 11.3 Å². The topological polar surface area (TPSA) is 45.2 Å². The van der Waals surface area contributed by atoms with Gasteiger partial charge in [-0.05, 0) is 43.9 Å². The number of aromatic nitrogens is 1. The molecule has 3 rings (SSSR count). The SMILES string of the molecule is Cc1csc(NC(=O)CN2CCCc3c(C)ccc(F)c32)n1. The lowest BCUT2D eigenvalue weighted by Crippen LogP contribution is -2.37. The summed E-state index contributed by atoms with van der Waals surface area (Å²) in [6.07, 6.45) is 1.80. The zero-order valence-corrected chi connectivity index (χ0v) is 13.5. The lowest BCUT2D eigenvalue weighted by Gasteiger charge is -2.31. The molecule has 0 saturated heterocycles. The number of nitrogens with zero attached hydrogens (tertiary/aromatic N) is 2. The average molecular weight is 319 g/mol. The summed E-state index contributed by atoms with van der Waals surface area (Å²) in [5.74, 6) is -0.415. The second kappa shape index (κ2) is 6.04. The number of nitrogens with one attached hydrogen (secondary N) is 1. The van der Waals surface area contributed by atoms with Crippen molar-refractivity contribution < 1.29 is 9.18 Å². The fourth-order valence-corrected chi connectivity index (χ4v) is 3.53. The Morgan fingerprint density at radius 3 is 3.00 bits per heavy atom. The standard InChI is InChI=1S/C16H18FN3OS/c1-10-5-6-13(17)15-12(10)4-3-7-20(15)8-14(21)19-16-18-11(2)9-22-16/h5-6,9H,3-4,7-8H2,1-2H3,(H,18,19,21). The minimum atomic E-state index is -0.252. The van der Waals surface area contributed by atoms with Crippen LogP contribution in [0.15, 0.2) is 17.5 Å². The van der Waals surface area contributed by atoms with Gasteiger partial charge in [-0.1, -0.05) is 6.07 Å². The minimum Gasteiger partial charge on any atom is -0.360 e. The molecule has 22 heavy (non-hydrogen) atoms. The van der Waals surface area contributed by atoms with E-state index in [9.17, 15) is 9.18 Å². The zero-order valence-electron chi connectivity index (χ0n) is 12.6. The number of rotatable bonds is 3. The van der Waals surface area contributed by atoms with Crippen LogP contribution in [0.2, 0.25) is 0 Å². The molecule has 1 aromatic heterocycles. The summed E-state index contributed by atoms with van der Waals surface area (Å²) >= 11 is 1.40. The second-order valence-electron chi connectivity index (χ2n) is 5.56. The highest BCUT2D eigenvalue weighted by molar-refractivity contribution is 7.13. The van der Waals surface area contributed by atoms with E-state index < -0.39 is 0 Å². The van der Waals surface area contributed by atoms with Gasteiger partial charge in [0.1, 0.15) is 5.82 Å². The minimum absolute atomic E-state index is 0.145. The first kappa shape index (κ1) is 15.0. The molecule has 6 heteroatoms. The summed E-state index contributed by atoms with van der Waals surface area (Å²) in [5.41, 5.74) is 3.56. The van der Waals surface area contributed by atoms with Crippen molar-refractivity contribution in [2.75, 3.05) is 23.3 Å². The van der Waals surface area contributed by atoms with E-state index in [1.54, 1.807) is 6.07 Å². The molecular weight excluding hydrogens is 301 g/mol. The molecule has 0 atom stereocenters. The molecule has 1 aromatic carbocycles. The summed E-state index contributed by atoms with van der Waals surface area (Å²) in [6.45, 7) is 4.70. The van der Waals surface area contributed by atoms with Crippen molar-refractivity contribution in [3.05, 3.63) is 40.2 Å². The molecule has 0 spiro atoms. The molecule has 1 aliphatic heterocycles. The fraction of sp³-hybridized carbons (Fsp3) is 0.375. The smallest absolute Gasteiger partial charge is 0.245 e. The van der Waals surface area contributed by atoms with Crippen LogP contribution >= 0.6 is 11.3 Å². The maximum atomic E-state index is 14.2. The Kier molecular flexibility index (Phi) is 4.11. The lowest BCUT2D eigenvalue weighted by molar-refractivity contribution is -0.115. The molecule has 0 radical (unpaired) electrons. The van der Waals surface area contributed by atoms with E-state index in [1.807, 2.05) is 24.1 Å². The number of fused-ring (bicyclic) bond motifs is 1. The van der Waals surface area contributed by atoms with Crippen LogP contribution in [0.3, 0.4) is 0 Å². The molecule has 1 aliphatic rings. The number of hydrogen-bond acceptors (Lipinski definition) is 4. The number of carbonyl (C=O) groups excluding carboxylic acids is 1. The van der Waals surface area contributed by atoms with Gasteiger partial charge in [0.05, 0.1) is 17.9 Å². The van der Waals surface area contributed by atoms with Crippen molar-refractivity contribution in [3.63, 3.8) is 0 Å². The number of thiazole rings is 1. The number of carbonyl (C=O) groups is 1. The normalized spacial score (nSPS) is 13.9. The van der Waals surface area contributed by atoms with Gasteiger partial charge in [-0.3, -0.25) is 4.79 Å². The third-order valence-corrected chi connectivity index (χ3v) is 4.71. The molecule has 1 amide bonds. The highest BCUT2D eigenvalue weighted by Gasteiger charge is 2.24. The second-order valence-corrected chi connectivity index (χ2v) is 6.42. The number of halogens is 1. The van der Waals surface area contributed by atoms with Gasteiger partial charge in [-0.2, -0.15) is 0 Å². The quantitative estimate of drug-likeness (QED) is 0.944. The van der Waals surface area contributed by atoms with Gasteiger partial charge in [0.25, 0.3) is 0 Å². The summed E-state index contributed by atoms with van der Waals surface area (Å²) < 4.78 is 14.2. The fourth-order valence-electron chi connectivity index (χ4n) is 2.83. The zero-order chi connectivity index (χ0) is 15.7. The van der Waals surface area contributed by atoms with Gasteiger partial charge < -0.3 is 10.2 Å². The van der Waals surface area contributed by atoms with Gasteiger partial charge >= 0.3 is 0 Å². The van der Waals surface area contributed by atoms with Gasteiger partial charge in [0, 0.05) is 11.9 Å². The number of hydrogen-bond donors (Lipinski definition) is 1. The van der Waals surface area contributed by atoms with Crippen molar-refractivity contribution in [2.24, 2.45) is 0 Å². The summed E-state index contributed by atoms with van der Waals surface area (Å²) in [7, 11) is 0. The van der Waals surface area contributed by atoms with E-state index in [4.69, 9.17) is 0 Å². The highest BCUT2D eigenvalue weighted by atomic mass is 32.1. The molecular formula is C16H18FN3OS. The number of amides is 1. The van der Waals surface area contributed by atoms with E-state index in [0.29, 0.717) is 17.4 Å². The lowest BCUT2D eigenvalue weighted by atomic mass is 9.96. The van der Waals surface area contributed by atoms with Gasteiger partial charge in [-0.25, -0.2) is 9.37 Å². The van der Waals surface area contributed by atoms with Crippen molar-refractivity contribution >= 4 is 28.1 Å². The Labute approximate surface area is 133 Å². The number of anilines is 2. The first-order valence-corrected chi connectivity index (χ1v) is 8.17. The monoisotopic (exact) mass is 319 g/mol.